The highest BCUT2D eigenvalue weighted by atomic mass is 79.9. The lowest BCUT2D eigenvalue weighted by molar-refractivity contribution is 0.312. The molecule has 1 aliphatic rings. The van der Waals surface area contributed by atoms with Crippen molar-refractivity contribution < 1.29 is 0 Å². The molecule has 2 rings (SSSR count). The summed E-state index contributed by atoms with van der Waals surface area (Å²) in [6, 6.07) is 6.69. The topological polar surface area (TPSA) is 18.5 Å². The molecule has 0 aromatic heterocycles. The van der Waals surface area contributed by atoms with Crippen molar-refractivity contribution in [2.75, 3.05) is 44.7 Å². The van der Waals surface area contributed by atoms with Gasteiger partial charge in [-0.25, -0.2) is 0 Å². The Labute approximate surface area is 118 Å². The second-order valence-electron chi connectivity index (χ2n) is 4.86. The highest BCUT2D eigenvalue weighted by molar-refractivity contribution is 9.10. The van der Waals surface area contributed by atoms with E-state index in [-0.39, 0.29) is 0 Å². The SMILES string of the molecule is CCNCc1ccc(N2CCN(C)CC2)c(Br)c1. The molecule has 0 unspecified atom stereocenters. The van der Waals surface area contributed by atoms with Gasteiger partial charge in [0.25, 0.3) is 0 Å². The van der Waals surface area contributed by atoms with Crippen LogP contribution in [-0.2, 0) is 6.54 Å². The monoisotopic (exact) mass is 311 g/mol. The Bertz CT molecular complexity index is 387. The lowest BCUT2D eigenvalue weighted by Crippen LogP contribution is -2.44. The molecule has 0 aliphatic carbocycles. The van der Waals surface area contributed by atoms with Gasteiger partial charge in [-0.3, -0.25) is 0 Å². The largest absolute Gasteiger partial charge is 0.368 e. The third-order valence-electron chi connectivity index (χ3n) is 3.44. The second kappa shape index (κ2) is 6.55. The second-order valence-corrected chi connectivity index (χ2v) is 5.71. The minimum atomic E-state index is 0.943. The number of halogens is 1. The van der Waals surface area contributed by atoms with Crippen LogP contribution in [-0.4, -0.2) is 44.7 Å². The van der Waals surface area contributed by atoms with Gasteiger partial charge >= 0.3 is 0 Å². The van der Waals surface area contributed by atoms with Crippen LogP contribution in [0.5, 0.6) is 0 Å². The quantitative estimate of drug-likeness (QED) is 0.920. The van der Waals surface area contributed by atoms with Crippen LogP contribution in [0.3, 0.4) is 0 Å². The summed E-state index contributed by atoms with van der Waals surface area (Å²) in [6.07, 6.45) is 0. The Kier molecular flexibility index (Phi) is 5.03. The summed E-state index contributed by atoms with van der Waals surface area (Å²) in [5.74, 6) is 0. The molecule has 0 atom stereocenters. The first-order chi connectivity index (χ1) is 8.70. The highest BCUT2D eigenvalue weighted by Gasteiger charge is 2.16. The molecule has 0 bridgehead atoms. The summed E-state index contributed by atoms with van der Waals surface area (Å²) >= 11 is 3.71. The molecule has 100 valence electrons. The standard InChI is InChI=1S/C14H22BrN3/c1-3-16-11-12-4-5-14(13(15)10-12)18-8-6-17(2)7-9-18/h4-5,10,16H,3,6-9,11H2,1-2H3. The van der Waals surface area contributed by atoms with E-state index in [0.29, 0.717) is 0 Å². The summed E-state index contributed by atoms with van der Waals surface area (Å²) in [5.41, 5.74) is 2.66. The van der Waals surface area contributed by atoms with E-state index in [1.807, 2.05) is 0 Å². The van der Waals surface area contributed by atoms with Gasteiger partial charge < -0.3 is 15.1 Å². The summed E-state index contributed by atoms with van der Waals surface area (Å²) in [5, 5.41) is 3.36. The van der Waals surface area contributed by atoms with Crippen LogP contribution < -0.4 is 10.2 Å². The predicted molar refractivity (Wildman–Crippen MR) is 81.2 cm³/mol. The van der Waals surface area contributed by atoms with Gasteiger partial charge in [-0.1, -0.05) is 13.0 Å². The first-order valence-electron chi connectivity index (χ1n) is 6.63. The number of hydrogen-bond donors (Lipinski definition) is 1. The fraction of sp³-hybridized carbons (Fsp3) is 0.571. The summed E-state index contributed by atoms with van der Waals surface area (Å²) in [6.45, 7) is 8.60. The number of piperazine rings is 1. The van der Waals surface area contributed by atoms with E-state index in [2.05, 4.69) is 63.2 Å². The average molecular weight is 312 g/mol. The zero-order valence-corrected chi connectivity index (χ0v) is 12.8. The maximum atomic E-state index is 3.71. The van der Waals surface area contributed by atoms with E-state index in [0.717, 1.165) is 39.3 Å². The zero-order chi connectivity index (χ0) is 13.0. The van der Waals surface area contributed by atoms with E-state index < -0.39 is 0 Å². The maximum absolute atomic E-state index is 3.71. The van der Waals surface area contributed by atoms with Crippen LogP contribution in [0.1, 0.15) is 12.5 Å². The van der Waals surface area contributed by atoms with Crippen LogP contribution >= 0.6 is 15.9 Å². The maximum Gasteiger partial charge on any atom is 0.0511 e. The molecule has 1 heterocycles. The smallest absolute Gasteiger partial charge is 0.0511 e. The number of nitrogens with zero attached hydrogens (tertiary/aromatic N) is 2. The van der Waals surface area contributed by atoms with Gasteiger partial charge in [0.2, 0.25) is 0 Å². The van der Waals surface area contributed by atoms with Crippen molar-refractivity contribution in [1.82, 2.24) is 10.2 Å². The molecular weight excluding hydrogens is 290 g/mol. The lowest BCUT2D eigenvalue weighted by Gasteiger charge is -2.34. The normalized spacial score (nSPS) is 17.2. The van der Waals surface area contributed by atoms with Crippen molar-refractivity contribution in [2.45, 2.75) is 13.5 Å². The average Bonchev–Trinajstić information content (AvgIpc) is 2.38. The third-order valence-corrected chi connectivity index (χ3v) is 4.07. The number of nitrogens with one attached hydrogen (secondary N) is 1. The zero-order valence-electron chi connectivity index (χ0n) is 11.2. The number of benzene rings is 1. The molecule has 1 saturated heterocycles. The van der Waals surface area contributed by atoms with Gasteiger partial charge in [-0.05, 0) is 47.2 Å². The van der Waals surface area contributed by atoms with Crippen molar-refractivity contribution >= 4 is 21.6 Å². The Morgan fingerprint density at radius 1 is 1.22 bits per heavy atom. The molecule has 3 nitrogen and oxygen atoms in total. The fourth-order valence-electron chi connectivity index (χ4n) is 2.23. The van der Waals surface area contributed by atoms with Crippen LogP contribution in [0.2, 0.25) is 0 Å². The molecule has 0 saturated carbocycles. The van der Waals surface area contributed by atoms with Crippen molar-refractivity contribution in [2.24, 2.45) is 0 Å². The van der Waals surface area contributed by atoms with Crippen molar-refractivity contribution in [3.8, 4) is 0 Å². The van der Waals surface area contributed by atoms with Crippen molar-refractivity contribution in [3.63, 3.8) is 0 Å². The van der Waals surface area contributed by atoms with E-state index in [1.165, 1.54) is 15.7 Å². The van der Waals surface area contributed by atoms with E-state index >= 15 is 0 Å². The first kappa shape index (κ1) is 13.8. The van der Waals surface area contributed by atoms with Gasteiger partial charge in [0.15, 0.2) is 0 Å². The molecule has 1 fully saturated rings. The summed E-state index contributed by atoms with van der Waals surface area (Å²) < 4.78 is 1.21. The van der Waals surface area contributed by atoms with Gasteiger partial charge in [-0.15, -0.1) is 0 Å². The molecule has 1 aromatic carbocycles. The van der Waals surface area contributed by atoms with E-state index in [9.17, 15) is 0 Å². The molecule has 0 radical (unpaired) electrons. The van der Waals surface area contributed by atoms with Crippen LogP contribution in [0, 0.1) is 0 Å². The van der Waals surface area contributed by atoms with Gasteiger partial charge in [0.05, 0.1) is 5.69 Å². The number of anilines is 1. The Balaban J connectivity index is 2.05. The number of hydrogen-bond acceptors (Lipinski definition) is 3. The molecule has 4 heteroatoms. The minimum Gasteiger partial charge on any atom is -0.368 e. The minimum absolute atomic E-state index is 0.943. The molecule has 1 aromatic rings. The van der Waals surface area contributed by atoms with Crippen LogP contribution in [0.15, 0.2) is 22.7 Å². The van der Waals surface area contributed by atoms with Crippen LogP contribution in [0.25, 0.3) is 0 Å². The Hall–Kier alpha value is -0.580. The third kappa shape index (κ3) is 3.46. The molecule has 1 aliphatic heterocycles. The molecule has 0 amide bonds. The van der Waals surface area contributed by atoms with Gasteiger partial charge in [0.1, 0.15) is 0 Å². The molecular formula is C14H22BrN3. The Morgan fingerprint density at radius 2 is 1.94 bits per heavy atom. The predicted octanol–water partition coefficient (Wildman–Crippen LogP) is 2.31. The highest BCUT2D eigenvalue weighted by Crippen LogP contribution is 2.28. The summed E-state index contributed by atoms with van der Waals surface area (Å²) in [7, 11) is 2.19. The lowest BCUT2D eigenvalue weighted by atomic mass is 10.2. The van der Waals surface area contributed by atoms with Crippen molar-refractivity contribution in [3.05, 3.63) is 28.2 Å². The van der Waals surface area contributed by atoms with Gasteiger partial charge in [-0.2, -0.15) is 0 Å². The Morgan fingerprint density at radius 3 is 2.56 bits per heavy atom. The molecule has 18 heavy (non-hydrogen) atoms. The van der Waals surface area contributed by atoms with E-state index in [1.54, 1.807) is 0 Å². The van der Waals surface area contributed by atoms with Crippen molar-refractivity contribution in [1.29, 1.82) is 0 Å². The number of likely N-dealkylation sites (N-methyl/N-ethyl adjacent to an activating group) is 1. The first-order valence-corrected chi connectivity index (χ1v) is 7.42. The van der Waals surface area contributed by atoms with E-state index in [4.69, 9.17) is 0 Å². The molecule has 1 N–H and O–H groups in total. The summed E-state index contributed by atoms with van der Waals surface area (Å²) in [4.78, 5) is 4.84. The van der Waals surface area contributed by atoms with Crippen LogP contribution in [0.4, 0.5) is 5.69 Å². The fourth-order valence-corrected chi connectivity index (χ4v) is 2.91. The number of rotatable bonds is 4. The van der Waals surface area contributed by atoms with Gasteiger partial charge in [0, 0.05) is 37.2 Å². The molecule has 0 spiro atoms.